The van der Waals surface area contributed by atoms with Crippen LogP contribution in [-0.4, -0.2) is 23.1 Å². The van der Waals surface area contributed by atoms with Crippen LogP contribution in [0, 0.1) is 0 Å². The largest absolute Gasteiger partial charge is 0.341 e. The van der Waals surface area contributed by atoms with Crippen LogP contribution in [0.2, 0.25) is 0 Å². The highest BCUT2D eigenvalue weighted by Crippen LogP contribution is 2.29. The summed E-state index contributed by atoms with van der Waals surface area (Å²) < 4.78 is 0. The first kappa shape index (κ1) is 11.9. The Labute approximate surface area is 112 Å². The molecule has 2 N–H and O–H groups in total. The minimum Gasteiger partial charge on any atom is -0.341 e. The molecule has 1 aliphatic heterocycles. The van der Waals surface area contributed by atoms with E-state index >= 15 is 0 Å². The van der Waals surface area contributed by atoms with Crippen LogP contribution < -0.4 is 5.32 Å². The highest BCUT2D eigenvalue weighted by Gasteiger charge is 2.18. The van der Waals surface area contributed by atoms with Crippen molar-refractivity contribution in [1.82, 2.24) is 15.3 Å². The van der Waals surface area contributed by atoms with Crippen molar-refractivity contribution in [3.63, 3.8) is 0 Å². The van der Waals surface area contributed by atoms with Gasteiger partial charge in [-0.3, -0.25) is 0 Å². The van der Waals surface area contributed by atoms with Gasteiger partial charge < -0.3 is 10.3 Å². The Kier molecular flexibility index (Phi) is 3.48. The first-order valence-electron chi connectivity index (χ1n) is 6.71. The van der Waals surface area contributed by atoms with Crippen molar-refractivity contribution in [1.29, 1.82) is 0 Å². The quantitative estimate of drug-likeness (QED) is 0.891. The smallest absolute Gasteiger partial charge is 0.110 e. The Morgan fingerprint density at radius 2 is 2.39 bits per heavy atom. The first-order valence-corrected chi connectivity index (χ1v) is 7.53. The van der Waals surface area contributed by atoms with Crippen molar-refractivity contribution >= 4 is 11.3 Å². The molecule has 3 heterocycles. The normalized spacial score (nSPS) is 20.2. The van der Waals surface area contributed by atoms with Gasteiger partial charge in [-0.2, -0.15) is 0 Å². The van der Waals surface area contributed by atoms with E-state index in [-0.39, 0.29) is 0 Å². The van der Waals surface area contributed by atoms with E-state index in [0.29, 0.717) is 5.92 Å². The number of hydrogen-bond donors (Lipinski definition) is 2. The molecular formula is C14H19N3S. The molecule has 1 aliphatic rings. The number of aromatic nitrogens is 2. The molecule has 0 saturated carbocycles. The fourth-order valence-corrected chi connectivity index (χ4v) is 3.38. The van der Waals surface area contributed by atoms with Gasteiger partial charge >= 0.3 is 0 Å². The summed E-state index contributed by atoms with van der Waals surface area (Å²) in [5.74, 6) is 1.70. The van der Waals surface area contributed by atoms with Gasteiger partial charge in [0.05, 0.1) is 16.8 Å². The van der Waals surface area contributed by atoms with Gasteiger partial charge in [0.1, 0.15) is 5.82 Å². The monoisotopic (exact) mass is 261 g/mol. The summed E-state index contributed by atoms with van der Waals surface area (Å²) >= 11 is 1.86. The fraction of sp³-hybridized carbons (Fsp3) is 0.500. The lowest BCUT2D eigenvalue weighted by atomic mass is 9.99. The molecule has 0 bridgehead atoms. The Morgan fingerprint density at radius 1 is 1.44 bits per heavy atom. The Balaban J connectivity index is 1.79. The molecule has 3 nitrogen and oxygen atoms in total. The summed E-state index contributed by atoms with van der Waals surface area (Å²) in [6.07, 6.45) is 5.58. The average Bonchev–Trinajstić information content (AvgIpc) is 3.08. The van der Waals surface area contributed by atoms with Crippen molar-refractivity contribution in [3.8, 4) is 10.6 Å². The highest BCUT2D eigenvalue weighted by atomic mass is 32.1. The van der Waals surface area contributed by atoms with E-state index in [1.54, 1.807) is 0 Å². The van der Waals surface area contributed by atoms with E-state index in [1.165, 1.54) is 28.3 Å². The van der Waals surface area contributed by atoms with E-state index in [2.05, 4.69) is 34.3 Å². The third kappa shape index (κ3) is 2.35. The second kappa shape index (κ2) is 5.24. The van der Waals surface area contributed by atoms with E-state index in [1.807, 2.05) is 17.5 Å². The van der Waals surface area contributed by atoms with Crippen LogP contribution in [0.4, 0.5) is 0 Å². The molecule has 18 heavy (non-hydrogen) atoms. The molecule has 2 aromatic heterocycles. The molecule has 4 heteroatoms. The molecule has 2 aromatic rings. The first-order chi connectivity index (χ1) is 8.86. The van der Waals surface area contributed by atoms with Crippen molar-refractivity contribution in [2.45, 2.75) is 32.1 Å². The molecule has 0 aliphatic carbocycles. The summed E-state index contributed by atoms with van der Waals surface area (Å²) in [5, 5.41) is 3.44. The molecule has 1 fully saturated rings. The number of hydrogen-bond acceptors (Lipinski definition) is 3. The number of imidazole rings is 1. The van der Waals surface area contributed by atoms with Crippen molar-refractivity contribution < 1.29 is 0 Å². The number of nitrogens with one attached hydrogen (secondary N) is 2. The predicted octanol–water partition coefficient (Wildman–Crippen LogP) is 3.17. The second-order valence-corrected chi connectivity index (χ2v) is 6.01. The summed E-state index contributed by atoms with van der Waals surface area (Å²) in [7, 11) is 0. The molecule has 0 amide bonds. The van der Waals surface area contributed by atoms with Gasteiger partial charge in [0.2, 0.25) is 0 Å². The lowest BCUT2D eigenvalue weighted by Gasteiger charge is -2.20. The maximum atomic E-state index is 4.56. The number of piperidine rings is 1. The van der Waals surface area contributed by atoms with Gasteiger partial charge in [0.25, 0.3) is 0 Å². The molecule has 3 rings (SSSR count). The van der Waals surface area contributed by atoms with Gasteiger partial charge in [-0.25, -0.2) is 4.98 Å². The van der Waals surface area contributed by atoms with Crippen molar-refractivity contribution in [2.24, 2.45) is 0 Å². The number of aryl methyl sites for hydroxylation is 1. The van der Waals surface area contributed by atoms with Crippen LogP contribution in [0.3, 0.4) is 0 Å². The van der Waals surface area contributed by atoms with Crippen molar-refractivity contribution in [3.05, 3.63) is 29.0 Å². The zero-order valence-electron chi connectivity index (χ0n) is 10.7. The second-order valence-electron chi connectivity index (χ2n) is 4.84. The minimum atomic E-state index is 0.554. The number of aromatic amines is 1. The van der Waals surface area contributed by atoms with E-state index < -0.39 is 0 Å². The number of nitrogens with zero attached hydrogens (tertiary/aromatic N) is 1. The van der Waals surface area contributed by atoms with Gasteiger partial charge in [-0.05, 0) is 37.9 Å². The summed E-state index contributed by atoms with van der Waals surface area (Å²) in [6.45, 7) is 4.40. The third-order valence-corrected chi connectivity index (χ3v) is 4.82. The fourth-order valence-electron chi connectivity index (χ4n) is 2.47. The molecule has 0 aromatic carbocycles. The maximum Gasteiger partial charge on any atom is 0.110 e. The van der Waals surface area contributed by atoms with E-state index in [4.69, 9.17) is 0 Å². The Morgan fingerprint density at radius 3 is 3.11 bits per heavy atom. The molecule has 0 radical (unpaired) electrons. The maximum absolute atomic E-state index is 4.56. The predicted molar refractivity (Wildman–Crippen MR) is 76.1 cm³/mol. The van der Waals surface area contributed by atoms with Gasteiger partial charge in [0, 0.05) is 17.3 Å². The topological polar surface area (TPSA) is 40.7 Å². The van der Waals surface area contributed by atoms with Crippen LogP contribution in [0.1, 0.15) is 36.4 Å². The van der Waals surface area contributed by atoms with Gasteiger partial charge in [-0.15, -0.1) is 11.3 Å². The lowest BCUT2D eigenvalue weighted by molar-refractivity contribution is 0.449. The van der Waals surface area contributed by atoms with E-state index in [0.717, 1.165) is 25.3 Å². The van der Waals surface area contributed by atoms with Gasteiger partial charge in [0.15, 0.2) is 0 Å². The molecule has 96 valence electrons. The van der Waals surface area contributed by atoms with Crippen molar-refractivity contribution in [2.75, 3.05) is 13.1 Å². The Bertz CT molecular complexity index is 509. The minimum absolute atomic E-state index is 0.554. The standard InChI is InChI=1S/C14H19N3S/c1-2-11-5-6-13(18-11)12-9-16-14(17-12)10-4-3-7-15-8-10/h5-6,9-10,15H,2-4,7-8H2,1H3,(H,16,17). The lowest BCUT2D eigenvalue weighted by Crippen LogP contribution is -2.28. The van der Waals surface area contributed by atoms with Gasteiger partial charge in [-0.1, -0.05) is 6.92 Å². The Hall–Kier alpha value is -1.13. The van der Waals surface area contributed by atoms with Crippen LogP contribution in [0.15, 0.2) is 18.3 Å². The molecule has 1 saturated heterocycles. The molecule has 0 spiro atoms. The zero-order valence-corrected chi connectivity index (χ0v) is 11.5. The molecule has 1 unspecified atom stereocenters. The number of rotatable bonds is 3. The van der Waals surface area contributed by atoms with Crippen LogP contribution >= 0.6 is 11.3 Å². The zero-order chi connectivity index (χ0) is 12.4. The van der Waals surface area contributed by atoms with Crippen LogP contribution in [0.5, 0.6) is 0 Å². The number of H-pyrrole nitrogens is 1. The highest BCUT2D eigenvalue weighted by molar-refractivity contribution is 7.15. The van der Waals surface area contributed by atoms with Crippen LogP contribution in [0.25, 0.3) is 10.6 Å². The summed E-state index contributed by atoms with van der Waals surface area (Å²) in [5.41, 5.74) is 1.17. The SMILES string of the molecule is CCc1ccc(-c2cnc(C3CCCNC3)[nH]2)s1. The third-order valence-electron chi connectivity index (χ3n) is 3.55. The molecule has 1 atom stereocenters. The molecular weight excluding hydrogens is 242 g/mol. The average molecular weight is 261 g/mol. The summed E-state index contributed by atoms with van der Waals surface area (Å²) in [6, 6.07) is 4.41. The van der Waals surface area contributed by atoms with E-state index in [9.17, 15) is 0 Å². The van der Waals surface area contributed by atoms with Crippen LogP contribution in [-0.2, 0) is 6.42 Å². The number of thiophene rings is 1. The summed E-state index contributed by atoms with van der Waals surface area (Å²) in [4.78, 5) is 10.8.